The number of anilines is 1. The van der Waals surface area contributed by atoms with Crippen LogP contribution in [0.4, 0.5) is 5.13 Å². The lowest BCUT2D eigenvalue weighted by Crippen LogP contribution is -2.55. The maximum Gasteiger partial charge on any atom is 0.347 e. The molecule has 1 aliphatic heterocycles. The molecule has 11 heteroatoms. The number of hydrogen-bond donors (Lipinski definition) is 3. The van der Waals surface area contributed by atoms with Gasteiger partial charge in [-0.15, -0.1) is 0 Å². The van der Waals surface area contributed by atoms with Crippen LogP contribution in [-0.4, -0.2) is 63.8 Å². The third kappa shape index (κ3) is 5.30. The predicted molar refractivity (Wildman–Crippen MR) is 115 cm³/mol. The van der Waals surface area contributed by atoms with Crippen LogP contribution in [0.2, 0.25) is 5.15 Å². The number of nitrogens with zero attached hydrogens (tertiary/aromatic N) is 3. The molecule has 0 radical (unpaired) electrons. The molecule has 2 aromatic rings. The Kier molecular flexibility index (Phi) is 7.68. The number of aromatic carboxylic acids is 1. The Labute approximate surface area is 183 Å². The number of carbonyl (C=O) groups excluding carboxylic acids is 1. The molecule has 2 aromatic heterocycles. The summed E-state index contributed by atoms with van der Waals surface area (Å²) in [4.78, 5) is 37.4. The highest BCUT2D eigenvalue weighted by atomic mass is 35.5. The highest BCUT2D eigenvalue weighted by Gasteiger charge is 2.33. The number of hydrogen-bond acceptors (Lipinski definition) is 7. The van der Waals surface area contributed by atoms with Crippen molar-refractivity contribution >= 4 is 39.9 Å². The minimum absolute atomic E-state index is 0.192. The highest BCUT2D eigenvalue weighted by Crippen LogP contribution is 2.27. The Balaban J connectivity index is 1.69. The zero-order valence-electron chi connectivity index (χ0n) is 17.0. The predicted octanol–water partition coefficient (Wildman–Crippen LogP) is 2.97. The van der Waals surface area contributed by atoms with Gasteiger partial charge in [-0.1, -0.05) is 43.2 Å². The van der Waals surface area contributed by atoms with Crippen LogP contribution in [0.25, 0.3) is 0 Å². The van der Waals surface area contributed by atoms with Crippen LogP contribution in [0, 0.1) is 0 Å². The van der Waals surface area contributed by atoms with E-state index in [1.165, 1.54) is 6.20 Å². The number of unbranched alkanes of at least 4 members (excludes halogenated alkanes) is 1. The second-order valence-corrected chi connectivity index (χ2v) is 8.47. The van der Waals surface area contributed by atoms with Crippen LogP contribution >= 0.6 is 22.9 Å². The highest BCUT2D eigenvalue weighted by molar-refractivity contribution is 7.17. The summed E-state index contributed by atoms with van der Waals surface area (Å²) in [5.41, 5.74) is 0.727. The van der Waals surface area contributed by atoms with Gasteiger partial charge in [0.1, 0.15) is 4.88 Å². The molecule has 1 amide bonds. The minimum Gasteiger partial charge on any atom is -0.477 e. The van der Waals surface area contributed by atoms with E-state index >= 15 is 0 Å². The van der Waals surface area contributed by atoms with Crippen LogP contribution in [0.5, 0.6) is 0 Å². The maximum atomic E-state index is 12.7. The number of nitrogens with one attached hydrogen (secondary N) is 2. The summed E-state index contributed by atoms with van der Waals surface area (Å²) in [7, 11) is 0. The molecule has 3 heterocycles. The molecule has 0 saturated carbocycles. The number of thiazole rings is 1. The average Bonchev–Trinajstić information content (AvgIpc) is 3.36. The number of rotatable bonds is 9. The number of amides is 1. The number of aromatic nitrogens is 3. The van der Waals surface area contributed by atoms with Crippen molar-refractivity contribution < 1.29 is 19.4 Å². The molecule has 0 aliphatic carbocycles. The lowest BCUT2D eigenvalue weighted by Gasteiger charge is -2.38. The third-order valence-corrected chi connectivity index (χ3v) is 6.34. The molecule has 9 nitrogen and oxygen atoms in total. The summed E-state index contributed by atoms with van der Waals surface area (Å²) in [6.07, 6.45) is 4.35. The zero-order valence-corrected chi connectivity index (χ0v) is 18.6. The van der Waals surface area contributed by atoms with Gasteiger partial charge in [-0.05, 0) is 19.3 Å². The lowest BCUT2D eigenvalue weighted by molar-refractivity contribution is 0.0187. The molecule has 0 spiro atoms. The first-order valence-corrected chi connectivity index (χ1v) is 11.2. The van der Waals surface area contributed by atoms with Crippen LogP contribution in [-0.2, 0) is 11.2 Å². The van der Waals surface area contributed by atoms with E-state index in [4.69, 9.17) is 21.4 Å². The van der Waals surface area contributed by atoms with Gasteiger partial charge in [-0.25, -0.2) is 14.8 Å². The van der Waals surface area contributed by atoms with Crippen molar-refractivity contribution in [3.05, 3.63) is 27.7 Å². The Bertz CT molecular complexity index is 886. The van der Waals surface area contributed by atoms with E-state index in [1.807, 2.05) is 11.8 Å². The third-order valence-electron chi connectivity index (χ3n) is 4.98. The quantitative estimate of drug-likeness (QED) is 0.497. The van der Waals surface area contributed by atoms with Crippen molar-refractivity contribution in [2.75, 3.05) is 24.6 Å². The summed E-state index contributed by atoms with van der Waals surface area (Å²) in [6.45, 7) is 5.75. The molecule has 30 heavy (non-hydrogen) atoms. The van der Waals surface area contributed by atoms with Crippen molar-refractivity contribution in [3.8, 4) is 0 Å². The van der Waals surface area contributed by atoms with Gasteiger partial charge in [0.25, 0.3) is 5.91 Å². The van der Waals surface area contributed by atoms with Crippen molar-refractivity contribution in [1.29, 1.82) is 0 Å². The fourth-order valence-electron chi connectivity index (χ4n) is 3.28. The van der Waals surface area contributed by atoms with Gasteiger partial charge in [0.2, 0.25) is 0 Å². The SMILES string of the molecule is CCCCOC1CN(c2ncc(C(=O)O)s2)CCC1NC(=O)c1nc(Cl)c(CC)[nH]1. The van der Waals surface area contributed by atoms with Crippen molar-refractivity contribution in [3.63, 3.8) is 0 Å². The molecule has 0 aromatic carbocycles. The minimum atomic E-state index is -0.986. The monoisotopic (exact) mass is 455 g/mol. The fourth-order valence-corrected chi connectivity index (χ4v) is 4.34. The first-order chi connectivity index (χ1) is 14.4. The van der Waals surface area contributed by atoms with Crippen LogP contribution in [0.1, 0.15) is 59.1 Å². The standard InChI is InChI=1S/C19H26ClN5O4S/c1-3-5-8-29-13-10-25(19-21-9-14(30-19)18(27)28)7-6-12(13)23-17(26)16-22-11(4-2)15(20)24-16/h9,12-13H,3-8,10H2,1-2H3,(H,22,24)(H,23,26)(H,27,28). The average molecular weight is 456 g/mol. The van der Waals surface area contributed by atoms with Gasteiger partial charge in [-0.2, -0.15) is 0 Å². The van der Waals surface area contributed by atoms with E-state index in [2.05, 4.69) is 27.2 Å². The van der Waals surface area contributed by atoms with Crippen molar-refractivity contribution in [2.24, 2.45) is 0 Å². The number of aryl methyl sites for hydroxylation is 1. The number of carboxylic acid groups (broad SMARTS) is 1. The topological polar surface area (TPSA) is 120 Å². The van der Waals surface area contributed by atoms with Crippen LogP contribution in [0.3, 0.4) is 0 Å². The van der Waals surface area contributed by atoms with E-state index in [9.17, 15) is 9.59 Å². The molecule has 164 valence electrons. The molecule has 2 atom stereocenters. The largest absolute Gasteiger partial charge is 0.477 e. The Hall–Kier alpha value is -2.17. The number of aromatic amines is 1. The lowest BCUT2D eigenvalue weighted by atomic mass is 10.0. The molecule has 0 bridgehead atoms. The van der Waals surface area contributed by atoms with Gasteiger partial charge in [0.15, 0.2) is 16.1 Å². The molecule has 3 N–H and O–H groups in total. The first kappa shape index (κ1) is 22.5. The molecule has 1 saturated heterocycles. The van der Waals surface area contributed by atoms with Crippen molar-refractivity contribution in [2.45, 2.75) is 51.7 Å². The van der Waals surface area contributed by atoms with E-state index in [1.54, 1.807) is 0 Å². The molecule has 3 rings (SSSR count). The van der Waals surface area contributed by atoms with Gasteiger partial charge in [-0.3, -0.25) is 4.79 Å². The second kappa shape index (κ2) is 10.2. The van der Waals surface area contributed by atoms with Gasteiger partial charge in [0.05, 0.1) is 24.0 Å². The molecular weight excluding hydrogens is 430 g/mol. The first-order valence-electron chi connectivity index (χ1n) is 10.0. The normalized spacial score (nSPS) is 19.1. The summed E-state index contributed by atoms with van der Waals surface area (Å²) in [5, 5.41) is 13.1. The Morgan fingerprint density at radius 1 is 1.47 bits per heavy atom. The van der Waals surface area contributed by atoms with E-state index < -0.39 is 5.97 Å². The second-order valence-electron chi connectivity index (χ2n) is 7.10. The smallest absolute Gasteiger partial charge is 0.347 e. The van der Waals surface area contributed by atoms with Crippen LogP contribution < -0.4 is 10.2 Å². The summed E-state index contributed by atoms with van der Waals surface area (Å²) in [5.74, 6) is -1.11. The molecule has 2 unspecified atom stereocenters. The summed E-state index contributed by atoms with van der Waals surface area (Å²) >= 11 is 7.19. The van der Waals surface area contributed by atoms with E-state index in [-0.39, 0.29) is 28.8 Å². The molecular formula is C19H26ClN5O4S. The number of H-pyrrole nitrogens is 1. The number of carbonyl (C=O) groups is 2. The Morgan fingerprint density at radius 2 is 2.27 bits per heavy atom. The number of halogens is 1. The zero-order chi connectivity index (χ0) is 21.7. The van der Waals surface area contributed by atoms with Crippen LogP contribution in [0.15, 0.2) is 6.20 Å². The van der Waals surface area contributed by atoms with Gasteiger partial charge >= 0.3 is 5.97 Å². The number of imidazole rings is 1. The van der Waals surface area contributed by atoms with Crippen molar-refractivity contribution in [1.82, 2.24) is 20.3 Å². The maximum absolute atomic E-state index is 12.7. The van der Waals surface area contributed by atoms with Gasteiger partial charge < -0.3 is 25.0 Å². The number of ether oxygens (including phenoxy) is 1. The number of piperidine rings is 1. The molecule has 1 fully saturated rings. The van der Waals surface area contributed by atoms with E-state index in [0.29, 0.717) is 42.8 Å². The summed E-state index contributed by atoms with van der Waals surface area (Å²) in [6, 6.07) is -0.196. The van der Waals surface area contributed by atoms with Gasteiger partial charge in [0, 0.05) is 19.7 Å². The van der Waals surface area contributed by atoms with E-state index in [0.717, 1.165) is 29.9 Å². The fraction of sp³-hybridized carbons (Fsp3) is 0.579. The Morgan fingerprint density at radius 3 is 2.90 bits per heavy atom. The molecule has 1 aliphatic rings. The summed E-state index contributed by atoms with van der Waals surface area (Å²) < 4.78 is 6.08. The number of carboxylic acids is 1.